The van der Waals surface area contributed by atoms with E-state index in [9.17, 15) is 4.39 Å². The second-order valence-corrected chi connectivity index (χ2v) is 10.1. The molecule has 1 aliphatic rings. The Bertz CT molecular complexity index is 1780. The number of aromatic amines is 2. The molecule has 0 aliphatic carbocycles. The zero-order valence-corrected chi connectivity index (χ0v) is 21.4. The molecule has 0 saturated carbocycles. The van der Waals surface area contributed by atoms with E-state index >= 15 is 0 Å². The van der Waals surface area contributed by atoms with Gasteiger partial charge < -0.3 is 9.88 Å². The molecule has 0 bridgehead atoms. The standard InChI is InChI=1S/C30H27FN8/c31-22-7-3-6-20(16-22)26-27-24(10-11-33-26)35-30(36-27)29-28-25(37-38-29)9-8-23(34-28)21-15-19(17-32-18-21)5-4-14-39-12-1-2-13-39/h3,6-11,15-18H,1-2,4-5,12-14H2,(H,35,36)(H,37,38). The van der Waals surface area contributed by atoms with E-state index in [1.165, 1.54) is 43.6 Å². The summed E-state index contributed by atoms with van der Waals surface area (Å²) in [6.45, 7) is 3.59. The zero-order chi connectivity index (χ0) is 26.2. The molecule has 6 aromatic rings. The number of hydrogen-bond acceptors (Lipinski definition) is 6. The molecule has 0 radical (unpaired) electrons. The van der Waals surface area contributed by atoms with Crippen LogP contribution >= 0.6 is 0 Å². The number of aromatic nitrogens is 7. The first-order chi connectivity index (χ1) is 19.2. The van der Waals surface area contributed by atoms with E-state index in [4.69, 9.17) is 9.97 Å². The van der Waals surface area contributed by atoms with Crippen molar-refractivity contribution in [3.8, 4) is 34.0 Å². The molecule has 0 spiro atoms. The number of halogens is 1. The fraction of sp³-hybridized carbons (Fsp3) is 0.233. The Hall–Kier alpha value is -4.50. The van der Waals surface area contributed by atoms with Crippen LogP contribution in [0, 0.1) is 5.82 Å². The number of pyridine rings is 3. The van der Waals surface area contributed by atoms with Gasteiger partial charge in [-0.2, -0.15) is 5.10 Å². The average molecular weight is 519 g/mol. The first-order valence-corrected chi connectivity index (χ1v) is 13.3. The Kier molecular flexibility index (Phi) is 6.05. The van der Waals surface area contributed by atoms with E-state index in [-0.39, 0.29) is 5.82 Å². The highest BCUT2D eigenvalue weighted by molar-refractivity contribution is 5.95. The number of hydrogen-bond donors (Lipinski definition) is 2. The molecule has 6 heterocycles. The Morgan fingerprint density at radius 3 is 2.67 bits per heavy atom. The van der Waals surface area contributed by atoms with E-state index < -0.39 is 0 Å². The van der Waals surface area contributed by atoms with Gasteiger partial charge in [0.2, 0.25) is 0 Å². The van der Waals surface area contributed by atoms with Crippen molar-refractivity contribution in [2.24, 2.45) is 0 Å². The van der Waals surface area contributed by atoms with Crippen LogP contribution in [0.3, 0.4) is 0 Å². The Balaban J connectivity index is 1.20. The maximum atomic E-state index is 13.9. The molecule has 1 aromatic carbocycles. The highest BCUT2D eigenvalue weighted by atomic mass is 19.1. The molecule has 0 unspecified atom stereocenters. The highest BCUT2D eigenvalue weighted by Crippen LogP contribution is 2.31. The van der Waals surface area contributed by atoms with Gasteiger partial charge in [0.15, 0.2) is 11.5 Å². The van der Waals surface area contributed by atoms with E-state index in [1.807, 2.05) is 36.7 Å². The largest absolute Gasteiger partial charge is 0.336 e. The Morgan fingerprint density at radius 1 is 0.872 bits per heavy atom. The number of fused-ring (bicyclic) bond motifs is 2. The van der Waals surface area contributed by atoms with Crippen molar-refractivity contribution >= 4 is 22.1 Å². The molecule has 5 aromatic heterocycles. The molecule has 9 heteroatoms. The summed E-state index contributed by atoms with van der Waals surface area (Å²) in [7, 11) is 0. The van der Waals surface area contributed by atoms with Gasteiger partial charge in [-0.25, -0.2) is 14.4 Å². The highest BCUT2D eigenvalue weighted by Gasteiger charge is 2.18. The van der Waals surface area contributed by atoms with Crippen molar-refractivity contribution in [2.75, 3.05) is 19.6 Å². The third kappa shape index (κ3) is 4.66. The fourth-order valence-corrected chi connectivity index (χ4v) is 5.40. The fourth-order valence-electron chi connectivity index (χ4n) is 5.40. The van der Waals surface area contributed by atoms with Crippen LogP contribution in [0.1, 0.15) is 24.8 Å². The number of H-pyrrole nitrogens is 2. The van der Waals surface area contributed by atoms with Crippen molar-refractivity contribution in [1.29, 1.82) is 0 Å². The smallest absolute Gasteiger partial charge is 0.161 e. The lowest BCUT2D eigenvalue weighted by Crippen LogP contribution is -2.20. The number of nitrogens with zero attached hydrogens (tertiary/aromatic N) is 6. The van der Waals surface area contributed by atoms with Crippen LogP contribution in [0.2, 0.25) is 0 Å². The number of likely N-dealkylation sites (tertiary alicyclic amines) is 1. The molecule has 194 valence electrons. The number of nitrogens with one attached hydrogen (secondary N) is 2. The predicted octanol–water partition coefficient (Wildman–Crippen LogP) is 5.79. The second-order valence-electron chi connectivity index (χ2n) is 10.1. The lowest BCUT2D eigenvalue weighted by atomic mass is 10.1. The van der Waals surface area contributed by atoms with Crippen LogP contribution in [0.15, 0.2) is 67.1 Å². The van der Waals surface area contributed by atoms with Gasteiger partial charge in [0.05, 0.1) is 22.4 Å². The molecule has 39 heavy (non-hydrogen) atoms. The summed E-state index contributed by atoms with van der Waals surface area (Å²) >= 11 is 0. The summed E-state index contributed by atoms with van der Waals surface area (Å²) in [4.78, 5) is 24.6. The van der Waals surface area contributed by atoms with Gasteiger partial charge in [0.1, 0.15) is 16.9 Å². The van der Waals surface area contributed by atoms with Crippen LogP contribution in [-0.4, -0.2) is 59.7 Å². The van der Waals surface area contributed by atoms with Gasteiger partial charge in [-0.05, 0) is 87.3 Å². The Labute approximate surface area is 224 Å². The summed E-state index contributed by atoms with van der Waals surface area (Å²) in [5.41, 5.74) is 7.88. The third-order valence-electron chi connectivity index (χ3n) is 7.36. The zero-order valence-electron chi connectivity index (χ0n) is 21.4. The quantitative estimate of drug-likeness (QED) is 0.277. The van der Waals surface area contributed by atoms with Crippen LogP contribution in [0.4, 0.5) is 4.39 Å². The lowest BCUT2D eigenvalue weighted by molar-refractivity contribution is 0.334. The van der Waals surface area contributed by atoms with Gasteiger partial charge in [-0.1, -0.05) is 12.1 Å². The molecule has 0 atom stereocenters. The number of rotatable bonds is 7. The van der Waals surface area contributed by atoms with E-state index in [0.717, 1.165) is 41.7 Å². The maximum absolute atomic E-state index is 13.9. The van der Waals surface area contributed by atoms with Gasteiger partial charge in [-0.3, -0.25) is 15.1 Å². The van der Waals surface area contributed by atoms with Crippen molar-refractivity contribution in [3.05, 3.63) is 78.5 Å². The molecule has 7 rings (SSSR count). The summed E-state index contributed by atoms with van der Waals surface area (Å²) in [5.74, 6) is 0.252. The van der Waals surface area contributed by atoms with Crippen molar-refractivity contribution < 1.29 is 4.39 Å². The van der Waals surface area contributed by atoms with Crippen LogP contribution in [0.5, 0.6) is 0 Å². The molecule has 1 saturated heterocycles. The normalized spacial score (nSPS) is 14.1. The number of aryl methyl sites for hydroxylation is 1. The topological polar surface area (TPSA) is 99.3 Å². The average Bonchev–Trinajstić information content (AvgIpc) is 3.72. The second kappa shape index (κ2) is 9.99. The van der Waals surface area contributed by atoms with E-state index in [2.05, 4.69) is 36.1 Å². The monoisotopic (exact) mass is 518 g/mol. The number of benzene rings is 1. The van der Waals surface area contributed by atoms with Crippen LogP contribution < -0.4 is 0 Å². The molecule has 1 aliphatic heterocycles. The van der Waals surface area contributed by atoms with Gasteiger partial charge in [-0.15, -0.1) is 0 Å². The van der Waals surface area contributed by atoms with Crippen molar-refractivity contribution in [3.63, 3.8) is 0 Å². The third-order valence-corrected chi connectivity index (χ3v) is 7.36. The van der Waals surface area contributed by atoms with E-state index in [1.54, 1.807) is 12.3 Å². The maximum Gasteiger partial charge on any atom is 0.161 e. The minimum absolute atomic E-state index is 0.317. The lowest BCUT2D eigenvalue weighted by Gasteiger charge is -2.14. The summed E-state index contributed by atoms with van der Waals surface area (Å²) in [6.07, 6.45) is 10.3. The van der Waals surface area contributed by atoms with Crippen LogP contribution in [0.25, 0.3) is 56.1 Å². The first kappa shape index (κ1) is 23.6. The Morgan fingerprint density at radius 2 is 1.77 bits per heavy atom. The minimum Gasteiger partial charge on any atom is -0.336 e. The predicted molar refractivity (Wildman–Crippen MR) is 149 cm³/mol. The summed E-state index contributed by atoms with van der Waals surface area (Å²) in [5, 5.41) is 7.60. The summed E-state index contributed by atoms with van der Waals surface area (Å²) in [6, 6.07) is 14.4. The van der Waals surface area contributed by atoms with Crippen molar-refractivity contribution in [2.45, 2.75) is 25.7 Å². The van der Waals surface area contributed by atoms with Gasteiger partial charge in [0, 0.05) is 29.7 Å². The van der Waals surface area contributed by atoms with Gasteiger partial charge in [0.25, 0.3) is 0 Å². The van der Waals surface area contributed by atoms with Gasteiger partial charge >= 0.3 is 0 Å². The molecular formula is C30H27FN8. The molecule has 0 amide bonds. The molecule has 8 nitrogen and oxygen atoms in total. The van der Waals surface area contributed by atoms with Crippen molar-refractivity contribution in [1.82, 2.24) is 40.0 Å². The minimum atomic E-state index is -0.317. The molecule has 1 fully saturated rings. The first-order valence-electron chi connectivity index (χ1n) is 13.3. The van der Waals surface area contributed by atoms with Crippen LogP contribution in [-0.2, 0) is 6.42 Å². The SMILES string of the molecule is Fc1cccc(-c2nccc3[nH]c(-c4n[nH]c5ccc(-c6cncc(CCCN7CCCC7)c6)nc45)nc23)c1. The molecular weight excluding hydrogens is 491 g/mol. The van der Waals surface area contributed by atoms with E-state index in [0.29, 0.717) is 33.8 Å². The number of imidazole rings is 1. The summed E-state index contributed by atoms with van der Waals surface area (Å²) < 4.78 is 13.9. The molecule has 2 N–H and O–H groups in total.